The van der Waals surface area contributed by atoms with Gasteiger partial charge in [-0.2, -0.15) is 0 Å². The van der Waals surface area contributed by atoms with Crippen LogP contribution in [0.4, 0.5) is 5.82 Å². The van der Waals surface area contributed by atoms with Gasteiger partial charge >= 0.3 is 0 Å². The number of nitrogens with zero attached hydrogens (tertiary/aromatic N) is 3. The summed E-state index contributed by atoms with van der Waals surface area (Å²) in [4.78, 5) is 10.7. The molecule has 0 saturated carbocycles. The average molecular weight is 222 g/mol. The van der Waals surface area contributed by atoms with Crippen molar-refractivity contribution in [2.45, 2.75) is 31.8 Å². The quantitative estimate of drug-likeness (QED) is 0.768. The van der Waals surface area contributed by atoms with Gasteiger partial charge in [-0.25, -0.2) is 4.98 Å². The summed E-state index contributed by atoms with van der Waals surface area (Å²) in [6.07, 6.45) is 6.80. The van der Waals surface area contributed by atoms with Gasteiger partial charge in [0.15, 0.2) is 0 Å². The van der Waals surface area contributed by atoms with Gasteiger partial charge < -0.3 is 15.7 Å². The molecule has 1 aromatic rings. The Kier molecular flexibility index (Phi) is 3.69. The van der Waals surface area contributed by atoms with E-state index in [4.69, 9.17) is 5.73 Å². The first-order valence-electron chi connectivity index (χ1n) is 5.73. The van der Waals surface area contributed by atoms with Crippen LogP contribution in [-0.4, -0.2) is 34.3 Å². The van der Waals surface area contributed by atoms with E-state index in [1.165, 1.54) is 6.42 Å². The lowest BCUT2D eigenvalue weighted by Crippen LogP contribution is -2.42. The predicted octanol–water partition coefficient (Wildman–Crippen LogP) is 0.286. The van der Waals surface area contributed by atoms with Crippen molar-refractivity contribution in [2.75, 3.05) is 18.1 Å². The van der Waals surface area contributed by atoms with Gasteiger partial charge in [0.25, 0.3) is 0 Å². The number of rotatable bonds is 3. The fourth-order valence-corrected chi connectivity index (χ4v) is 2.09. The van der Waals surface area contributed by atoms with Crippen molar-refractivity contribution in [2.24, 2.45) is 5.73 Å². The molecule has 2 rings (SSSR count). The zero-order valence-electron chi connectivity index (χ0n) is 9.34. The molecule has 1 aliphatic rings. The van der Waals surface area contributed by atoms with Crippen LogP contribution in [0.2, 0.25) is 0 Å². The van der Waals surface area contributed by atoms with E-state index < -0.39 is 0 Å². The molecule has 2 heterocycles. The van der Waals surface area contributed by atoms with Crippen LogP contribution in [0.3, 0.4) is 0 Å². The lowest BCUT2D eigenvalue weighted by molar-refractivity contribution is 0.239. The van der Waals surface area contributed by atoms with Gasteiger partial charge in [0.1, 0.15) is 5.82 Å². The Morgan fingerprint density at radius 3 is 2.88 bits per heavy atom. The Labute approximate surface area is 95.3 Å². The van der Waals surface area contributed by atoms with Gasteiger partial charge in [0, 0.05) is 13.1 Å². The smallest absolute Gasteiger partial charge is 0.147 e. The molecule has 0 aliphatic carbocycles. The van der Waals surface area contributed by atoms with Crippen LogP contribution in [0.1, 0.15) is 25.0 Å². The summed E-state index contributed by atoms with van der Waals surface area (Å²) in [5, 5.41) is 9.31. The molecular formula is C11H18N4O. The number of hydrogen-bond acceptors (Lipinski definition) is 5. The normalized spacial score (nSPS) is 21.1. The van der Waals surface area contributed by atoms with Crippen LogP contribution >= 0.6 is 0 Å². The first-order valence-corrected chi connectivity index (χ1v) is 5.73. The summed E-state index contributed by atoms with van der Waals surface area (Å²) in [6.45, 7) is 1.54. The van der Waals surface area contributed by atoms with E-state index in [0.29, 0.717) is 6.54 Å². The minimum absolute atomic E-state index is 0.181. The lowest BCUT2D eigenvalue weighted by atomic mass is 10.0. The Bertz CT molecular complexity index is 327. The number of piperidine rings is 1. The predicted molar refractivity (Wildman–Crippen MR) is 62.0 cm³/mol. The highest BCUT2D eigenvalue weighted by Gasteiger charge is 2.22. The second-order valence-corrected chi connectivity index (χ2v) is 4.10. The van der Waals surface area contributed by atoms with E-state index in [0.717, 1.165) is 30.9 Å². The number of anilines is 1. The molecule has 0 amide bonds. The third-order valence-corrected chi connectivity index (χ3v) is 3.03. The molecule has 5 nitrogen and oxygen atoms in total. The van der Waals surface area contributed by atoms with Crippen molar-refractivity contribution in [3.63, 3.8) is 0 Å². The standard InChI is InChI=1S/C11H18N4O/c12-5-9-6-14-11(7-13-9)15-4-2-1-3-10(15)8-16/h6-7,10,16H,1-5,8,12H2. The molecule has 1 atom stereocenters. The summed E-state index contributed by atoms with van der Waals surface area (Å²) in [6, 6.07) is 0.187. The molecular weight excluding hydrogens is 204 g/mol. The van der Waals surface area contributed by atoms with E-state index in [9.17, 15) is 5.11 Å². The molecule has 16 heavy (non-hydrogen) atoms. The zero-order valence-corrected chi connectivity index (χ0v) is 9.34. The molecule has 0 radical (unpaired) electrons. The van der Waals surface area contributed by atoms with Crippen molar-refractivity contribution >= 4 is 5.82 Å². The molecule has 5 heteroatoms. The number of nitrogens with two attached hydrogens (primary N) is 1. The van der Waals surface area contributed by atoms with Crippen LogP contribution in [0.25, 0.3) is 0 Å². The van der Waals surface area contributed by atoms with Crippen LogP contribution in [0.15, 0.2) is 12.4 Å². The lowest BCUT2D eigenvalue weighted by Gasteiger charge is -2.35. The van der Waals surface area contributed by atoms with E-state index >= 15 is 0 Å². The molecule has 3 N–H and O–H groups in total. The van der Waals surface area contributed by atoms with Crippen LogP contribution in [0.5, 0.6) is 0 Å². The molecule has 0 aromatic carbocycles. The van der Waals surface area contributed by atoms with Crippen LogP contribution in [0, 0.1) is 0 Å². The molecule has 1 saturated heterocycles. The van der Waals surface area contributed by atoms with Gasteiger partial charge in [-0.05, 0) is 19.3 Å². The fraction of sp³-hybridized carbons (Fsp3) is 0.636. The molecule has 1 aromatic heterocycles. The van der Waals surface area contributed by atoms with Crippen molar-refractivity contribution < 1.29 is 5.11 Å². The molecule has 0 spiro atoms. The topological polar surface area (TPSA) is 75.3 Å². The van der Waals surface area contributed by atoms with E-state index in [2.05, 4.69) is 14.9 Å². The fourth-order valence-electron chi connectivity index (χ4n) is 2.09. The SMILES string of the molecule is NCc1cnc(N2CCCCC2CO)cn1. The number of aliphatic hydroxyl groups excluding tert-OH is 1. The number of aromatic nitrogens is 2. The van der Waals surface area contributed by atoms with Crippen molar-refractivity contribution in [1.29, 1.82) is 0 Å². The summed E-state index contributed by atoms with van der Waals surface area (Å²) in [7, 11) is 0. The molecule has 1 fully saturated rings. The minimum Gasteiger partial charge on any atom is -0.394 e. The maximum absolute atomic E-state index is 9.31. The largest absolute Gasteiger partial charge is 0.394 e. The Hall–Kier alpha value is -1.20. The van der Waals surface area contributed by atoms with Crippen molar-refractivity contribution in [1.82, 2.24) is 9.97 Å². The van der Waals surface area contributed by atoms with Gasteiger partial charge in [0.2, 0.25) is 0 Å². The third kappa shape index (κ3) is 2.31. The highest BCUT2D eigenvalue weighted by Crippen LogP contribution is 2.21. The van der Waals surface area contributed by atoms with E-state index in [1.54, 1.807) is 12.4 Å². The summed E-state index contributed by atoms with van der Waals surface area (Å²) >= 11 is 0. The van der Waals surface area contributed by atoms with Gasteiger partial charge in [0.05, 0.1) is 30.7 Å². The first kappa shape index (κ1) is 11.3. The number of hydrogen-bond donors (Lipinski definition) is 2. The highest BCUT2D eigenvalue weighted by molar-refractivity contribution is 5.38. The van der Waals surface area contributed by atoms with Crippen LogP contribution < -0.4 is 10.6 Å². The second-order valence-electron chi connectivity index (χ2n) is 4.10. The van der Waals surface area contributed by atoms with Gasteiger partial charge in [-0.1, -0.05) is 0 Å². The number of aliphatic hydroxyl groups is 1. The molecule has 88 valence electrons. The van der Waals surface area contributed by atoms with E-state index in [-0.39, 0.29) is 12.6 Å². The van der Waals surface area contributed by atoms with Crippen molar-refractivity contribution in [3.05, 3.63) is 18.1 Å². The first-order chi connectivity index (χ1) is 7.85. The maximum atomic E-state index is 9.31. The monoisotopic (exact) mass is 222 g/mol. The zero-order chi connectivity index (χ0) is 11.4. The highest BCUT2D eigenvalue weighted by atomic mass is 16.3. The summed E-state index contributed by atoms with van der Waals surface area (Å²) < 4.78 is 0. The van der Waals surface area contributed by atoms with Gasteiger partial charge in [-0.3, -0.25) is 4.98 Å². The summed E-state index contributed by atoms with van der Waals surface area (Å²) in [5.41, 5.74) is 6.27. The molecule has 1 aliphatic heterocycles. The Morgan fingerprint density at radius 2 is 2.25 bits per heavy atom. The molecule has 1 unspecified atom stereocenters. The average Bonchev–Trinajstić information content (AvgIpc) is 2.39. The Morgan fingerprint density at radius 1 is 1.38 bits per heavy atom. The van der Waals surface area contributed by atoms with Crippen LogP contribution in [-0.2, 0) is 6.54 Å². The summed E-state index contributed by atoms with van der Waals surface area (Å²) in [5.74, 6) is 0.843. The maximum Gasteiger partial charge on any atom is 0.147 e. The van der Waals surface area contributed by atoms with Crippen molar-refractivity contribution in [3.8, 4) is 0 Å². The van der Waals surface area contributed by atoms with Gasteiger partial charge in [-0.15, -0.1) is 0 Å². The second kappa shape index (κ2) is 5.23. The van der Waals surface area contributed by atoms with E-state index in [1.807, 2.05) is 0 Å². The Balaban J connectivity index is 2.14. The third-order valence-electron chi connectivity index (χ3n) is 3.03. The minimum atomic E-state index is 0.181. The molecule has 0 bridgehead atoms.